The number of nitrogens with zero attached hydrogens (tertiary/aromatic N) is 4. The van der Waals surface area contributed by atoms with Crippen molar-refractivity contribution in [2.24, 2.45) is 12.8 Å². The minimum atomic E-state index is -0.343. The molecule has 2 aromatic heterocycles. The molecule has 0 bridgehead atoms. The van der Waals surface area contributed by atoms with E-state index in [0.717, 1.165) is 6.42 Å². The maximum absolute atomic E-state index is 12.5. The number of imidazole rings is 1. The Hall–Kier alpha value is -2.09. The summed E-state index contributed by atoms with van der Waals surface area (Å²) in [5.41, 5.74) is 5.70. The van der Waals surface area contributed by atoms with E-state index in [9.17, 15) is 9.59 Å². The average molecular weight is 294 g/mol. The fraction of sp³-hybridized carbons (Fsp3) is 0.615. The average Bonchev–Trinajstić information content (AvgIpc) is 2.85. The number of aryl methyl sites for hydroxylation is 2. The van der Waals surface area contributed by atoms with Crippen molar-refractivity contribution in [3.8, 4) is 0 Å². The summed E-state index contributed by atoms with van der Waals surface area (Å²) in [6.07, 6.45) is 0.811. The van der Waals surface area contributed by atoms with Gasteiger partial charge in [-0.1, -0.05) is 0 Å². The molecule has 0 atom stereocenters. The summed E-state index contributed by atoms with van der Waals surface area (Å²) in [4.78, 5) is 29.1. The molecule has 0 fully saturated rings. The van der Waals surface area contributed by atoms with Crippen LogP contribution in [0.25, 0.3) is 11.2 Å². The highest BCUT2D eigenvalue weighted by Gasteiger charge is 2.18. The van der Waals surface area contributed by atoms with E-state index in [4.69, 9.17) is 5.73 Å². The number of nitrogens with one attached hydrogen (secondary N) is 1. The van der Waals surface area contributed by atoms with Crippen LogP contribution in [0.2, 0.25) is 0 Å². The molecule has 0 amide bonds. The summed E-state index contributed by atoms with van der Waals surface area (Å²) in [5, 5.41) is 3.17. The minimum absolute atomic E-state index is 0.295. The van der Waals surface area contributed by atoms with Gasteiger partial charge >= 0.3 is 5.69 Å². The summed E-state index contributed by atoms with van der Waals surface area (Å²) in [7, 11) is 1.63. The van der Waals surface area contributed by atoms with Crippen molar-refractivity contribution < 1.29 is 0 Å². The summed E-state index contributed by atoms with van der Waals surface area (Å²) in [6.45, 7) is 5.92. The van der Waals surface area contributed by atoms with Crippen molar-refractivity contribution in [3.05, 3.63) is 20.8 Å². The van der Waals surface area contributed by atoms with Gasteiger partial charge in [-0.05, 0) is 26.8 Å². The molecule has 2 aromatic rings. The summed E-state index contributed by atoms with van der Waals surface area (Å²) >= 11 is 0. The van der Waals surface area contributed by atoms with Gasteiger partial charge in [0.05, 0.1) is 0 Å². The minimum Gasteiger partial charge on any atom is -0.356 e. The first-order chi connectivity index (χ1) is 10.1. The number of fused-ring (bicyclic) bond motifs is 1. The third kappa shape index (κ3) is 2.46. The summed E-state index contributed by atoms with van der Waals surface area (Å²) in [6, 6.07) is 0. The van der Waals surface area contributed by atoms with Crippen LogP contribution in [0.4, 0.5) is 5.95 Å². The normalized spacial score (nSPS) is 11.2. The molecule has 8 nitrogen and oxygen atoms in total. The van der Waals surface area contributed by atoms with E-state index in [-0.39, 0.29) is 11.2 Å². The lowest BCUT2D eigenvalue weighted by Gasteiger charge is -2.08. The molecule has 0 aromatic carbocycles. The topological polar surface area (TPSA) is 99.9 Å². The number of hydrogen-bond acceptors (Lipinski definition) is 5. The number of aromatic nitrogens is 4. The third-order valence-corrected chi connectivity index (χ3v) is 3.53. The molecule has 8 heteroatoms. The molecule has 0 saturated carbocycles. The predicted molar refractivity (Wildman–Crippen MR) is 82.7 cm³/mol. The number of rotatable bonds is 6. The van der Waals surface area contributed by atoms with Crippen molar-refractivity contribution in [2.75, 3.05) is 18.4 Å². The largest absolute Gasteiger partial charge is 0.356 e. The zero-order valence-electron chi connectivity index (χ0n) is 12.7. The molecule has 3 N–H and O–H groups in total. The molecule has 2 rings (SSSR count). The Kier molecular flexibility index (Phi) is 4.46. The monoisotopic (exact) mass is 294 g/mol. The summed E-state index contributed by atoms with van der Waals surface area (Å²) in [5.74, 6) is 0.599. The van der Waals surface area contributed by atoms with Crippen molar-refractivity contribution in [1.29, 1.82) is 0 Å². The second-order valence-electron chi connectivity index (χ2n) is 4.81. The molecular formula is C13H22N6O2. The second-order valence-corrected chi connectivity index (χ2v) is 4.81. The lowest BCUT2D eigenvalue weighted by Crippen LogP contribution is -2.39. The maximum atomic E-state index is 12.5. The van der Waals surface area contributed by atoms with Crippen LogP contribution in [-0.2, 0) is 20.1 Å². The molecule has 0 aliphatic carbocycles. The maximum Gasteiger partial charge on any atom is 0.332 e. The number of hydrogen-bond donors (Lipinski definition) is 2. The molecular weight excluding hydrogens is 272 g/mol. The van der Waals surface area contributed by atoms with Crippen LogP contribution in [0.3, 0.4) is 0 Å². The first-order valence-electron chi connectivity index (χ1n) is 7.20. The Morgan fingerprint density at radius 1 is 1.19 bits per heavy atom. The zero-order valence-corrected chi connectivity index (χ0v) is 12.7. The quantitative estimate of drug-likeness (QED) is 0.712. The van der Waals surface area contributed by atoms with Crippen molar-refractivity contribution in [3.63, 3.8) is 0 Å². The third-order valence-electron chi connectivity index (χ3n) is 3.53. The Morgan fingerprint density at radius 3 is 2.43 bits per heavy atom. The van der Waals surface area contributed by atoms with Crippen molar-refractivity contribution >= 4 is 17.1 Å². The van der Waals surface area contributed by atoms with Crippen LogP contribution < -0.4 is 22.3 Å². The standard InChI is InChI=1S/C13H22N6O2/c1-4-18-9-10(16-12(18)15-8-6-7-14)17(3)13(21)19(5-2)11(9)20/h4-8,14H2,1-3H3,(H,15,16). The number of nitrogens with two attached hydrogens (primary N) is 1. The van der Waals surface area contributed by atoms with Gasteiger partial charge in [0.1, 0.15) is 0 Å². The van der Waals surface area contributed by atoms with Gasteiger partial charge < -0.3 is 15.6 Å². The first-order valence-corrected chi connectivity index (χ1v) is 7.20. The van der Waals surface area contributed by atoms with Crippen LogP contribution in [0.1, 0.15) is 20.3 Å². The van der Waals surface area contributed by atoms with Crippen molar-refractivity contribution in [2.45, 2.75) is 33.4 Å². The predicted octanol–water partition coefficient (Wildman–Crippen LogP) is -0.303. The van der Waals surface area contributed by atoms with Crippen LogP contribution >= 0.6 is 0 Å². The van der Waals surface area contributed by atoms with E-state index in [1.54, 1.807) is 18.5 Å². The van der Waals surface area contributed by atoms with Gasteiger partial charge in [-0.15, -0.1) is 0 Å². The molecule has 0 aliphatic heterocycles. The fourth-order valence-corrected chi connectivity index (χ4v) is 2.40. The van der Waals surface area contributed by atoms with Gasteiger partial charge in [0.2, 0.25) is 5.95 Å². The highest BCUT2D eigenvalue weighted by Crippen LogP contribution is 2.15. The Balaban J connectivity index is 2.70. The Labute approximate surface area is 122 Å². The molecule has 0 radical (unpaired) electrons. The van der Waals surface area contributed by atoms with Gasteiger partial charge in [-0.2, -0.15) is 4.98 Å². The SMILES string of the molecule is CCn1c(=O)c2c(nc(NCCCN)n2CC)n(C)c1=O. The fourth-order valence-electron chi connectivity index (χ4n) is 2.40. The molecule has 116 valence electrons. The molecule has 2 heterocycles. The molecule has 0 saturated heterocycles. The smallest absolute Gasteiger partial charge is 0.332 e. The Morgan fingerprint density at radius 2 is 1.86 bits per heavy atom. The van der Waals surface area contributed by atoms with E-state index >= 15 is 0 Å². The van der Waals surface area contributed by atoms with E-state index in [2.05, 4.69) is 10.3 Å². The molecule has 0 aliphatic rings. The van der Waals surface area contributed by atoms with Crippen LogP contribution in [0.5, 0.6) is 0 Å². The van der Waals surface area contributed by atoms with Gasteiger partial charge in [0.25, 0.3) is 5.56 Å². The number of anilines is 1. The second kappa shape index (κ2) is 6.13. The molecule has 0 unspecified atom stereocenters. The van der Waals surface area contributed by atoms with E-state index in [1.807, 2.05) is 6.92 Å². The molecule has 0 spiro atoms. The van der Waals surface area contributed by atoms with Gasteiger partial charge in [0.15, 0.2) is 11.2 Å². The lowest BCUT2D eigenvalue weighted by molar-refractivity contribution is 0.633. The van der Waals surface area contributed by atoms with E-state index < -0.39 is 0 Å². The zero-order chi connectivity index (χ0) is 15.6. The Bertz CT molecular complexity index is 755. The van der Waals surface area contributed by atoms with E-state index in [1.165, 1.54) is 9.13 Å². The highest BCUT2D eigenvalue weighted by molar-refractivity contribution is 5.74. The summed E-state index contributed by atoms with van der Waals surface area (Å²) < 4.78 is 4.44. The first kappa shape index (κ1) is 15.3. The molecule has 21 heavy (non-hydrogen) atoms. The van der Waals surface area contributed by atoms with Gasteiger partial charge in [-0.3, -0.25) is 13.9 Å². The highest BCUT2D eigenvalue weighted by atomic mass is 16.2. The van der Waals surface area contributed by atoms with Crippen molar-refractivity contribution in [1.82, 2.24) is 18.7 Å². The van der Waals surface area contributed by atoms with Crippen LogP contribution in [-0.4, -0.2) is 31.8 Å². The lowest BCUT2D eigenvalue weighted by atomic mass is 10.4. The van der Waals surface area contributed by atoms with Gasteiger partial charge in [-0.25, -0.2) is 4.79 Å². The van der Waals surface area contributed by atoms with Crippen LogP contribution in [0.15, 0.2) is 9.59 Å². The van der Waals surface area contributed by atoms with Crippen LogP contribution in [0, 0.1) is 0 Å². The van der Waals surface area contributed by atoms with E-state index in [0.29, 0.717) is 43.3 Å². The van der Waals surface area contributed by atoms with Gasteiger partial charge in [0, 0.05) is 26.7 Å².